The van der Waals surface area contributed by atoms with E-state index in [0.29, 0.717) is 29.1 Å². The monoisotopic (exact) mass is 384 g/mol. The van der Waals surface area contributed by atoms with Crippen LogP contribution >= 0.6 is 0 Å². The first-order valence-electron chi connectivity index (χ1n) is 8.79. The minimum Gasteiger partial charge on any atom is -0.485 e. The van der Waals surface area contributed by atoms with E-state index in [1.807, 2.05) is 30.3 Å². The maximum Gasteiger partial charge on any atom is 0.272 e. The number of para-hydroxylation sites is 1. The molecule has 28 heavy (non-hydrogen) atoms. The summed E-state index contributed by atoms with van der Waals surface area (Å²) in [7, 11) is 0. The molecule has 0 saturated carbocycles. The number of nitrogens with one attached hydrogen (secondary N) is 3. The molecular formula is C20H18F2N4O2. The Hall–Kier alpha value is -3.26. The highest BCUT2D eigenvalue weighted by Crippen LogP contribution is 2.40. The van der Waals surface area contributed by atoms with E-state index in [4.69, 9.17) is 4.74 Å². The standard InChI is InChI=1S/C20H18F2N4O2/c21-17(22)11-28-16-10-23-7-6-13(16)19-20(25-12-4-2-1-3-5-12)18-14(26-19)8-24-9-15(18)27/h1-7,10,17,24-26H,8-9,11H2. The zero-order valence-electron chi connectivity index (χ0n) is 14.8. The maximum absolute atomic E-state index is 12.6. The van der Waals surface area contributed by atoms with E-state index in [0.717, 1.165) is 11.4 Å². The predicted octanol–water partition coefficient (Wildman–Crippen LogP) is 3.75. The molecule has 0 unspecified atom stereocenters. The Kier molecular flexibility index (Phi) is 5.03. The van der Waals surface area contributed by atoms with Crippen LogP contribution in [0.4, 0.5) is 20.2 Å². The van der Waals surface area contributed by atoms with Crippen molar-refractivity contribution in [3.63, 3.8) is 0 Å². The molecule has 3 N–H and O–H groups in total. The summed E-state index contributed by atoms with van der Waals surface area (Å²) in [6, 6.07) is 11.1. The van der Waals surface area contributed by atoms with Gasteiger partial charge in [-0.1, -0.05) is 18.2 Å². The van der Waals surface area contributed by atoms with Gasteiger partial charge in [-0.3, -0.25) is 9.78 Å². The number of Topliss-reactive ketones (excluding diaryl/α,β-unsaturated/α-hetero) is 1. The van der Waals surface area contributed by atoms with E-state index in [1.54, 1.807) is 12.3 Å². The number of fused-ring (bicyclic) bond motifs is 1. The first-order chi connectivity index (χ1) is 13.6. The number of aromatic amines is 1. The second-order valence-corrected chi connectivity index (χ2v) is 6.32. The quantitative estimate of drug-likeness (QED) is 0.603. The second-order valence-electron chi connectivity index (χ2n) is 6.32. The first-order valence-corrected chi connectivity index (χ1v) is 8.79. The summed E-state index contributed by atoms with van der Waals surface area (Å²) in [5.74, 6) is 0.171. The third-order valence-electron chi connectivity index (χ3n) is 4.41. The van der Waals surface area contributed by atoms with Crippen molar-refractivity contribution in [3.05, 3.63) is 60.0 Å². The Balaban J connectivity index is 1.82. The molecule has 144 valence electrons. The van der Waals surface area contributed by atoms with Gasteiger partial charge in [0.25, 0.3) is 6.43 Å². The Morgan fingerprint density at radius 2 is 2.00 bits per heavy atom. The number of pyridine rings is 1. The summed E-state index contributed by atoms with van der Waals surface area (Å²) in [6.45, 7) is 0.00273. The van der Waals surface area contributed by atoms with Crippen molar-refractivity contribution >= 4 is 17.2 Å². The maximum atomic E-state index is 12.6. The summed E-state index contributed by atoms with van der Waals surface area (Å²) in [4.78, 5) is 19.8. The number of halogens is 2. The number of hydrogen-bond donors (Lipinski definition) is 3. The Bertz CT molecular complexity index is 989. The van der Waals surface area contributed by atoms with Gasteiger partial charge in [0, 0.05) is 29.7 Å². The van der Waals surface area contributed by atoms with Gasteiger partial charge in [-0.25, -0.2) is 8.78 Å². The molecule has 1 aliphatic heterocycles. The molecule has 0 spiro atoms. The highest BCUT2D eigenvalue weighted by atomic mass is 19.3. The number of aromatic nitrogens is 2. The minimum atomic E-state index is -2.60. The fraction of sp³-hybridized carbons (Fsp3) is 0.200. The van der Waals surface area contributed by atoms with Crippen LogP contribution in [-0.4, -0.2) is 35.3 Å². The number of H-pyrrole nitrogens is 1. The molecule has 8 heteroatoms. The van der Waals surface area contributed by atoms with Crippen LogP contribution in [0.25, 0.3) is 11.3 Å². The van der Waals surface area contributed by atoms with Gasteiger partial charge in [0.15, 0.2) is 5.78 Å². The number of ether oxygens (including phenoxy) is 1. The minimum absolute atomic E-state index is 0.0497. The third kappa shape index (κ3) is 3.59. The van der Waals surface area contributed by atoms with Crippen LogP contribution in [0.2, 0.25) is 0 Å². The van der Waals surface area contributed by atoms with Gasteiger partial charge >= 0.3 is 0 Å². The van der Waals surface area contributed by atoms with Crippen molar-refractivity contribution < 1.29 is 18.3 Å². The van der Waals surface area contributed by atoms with Gasteiger partial charge in [0.2, 0.25) is 0 Å². The number of alkyl halides is 2. The van der Waals surface area contributed by atoms with E-state index in [-0.39, 0.29) is 18.1 Å². The fourth-order valence-electron chi connectivity index (χ4n) is 3.23. The summed E-state index contributed by atoms with van der Waals surface area (Å²) in [5, 5.41) is 6.35. The van der Waals surface area contributed by atoms with E-state index in [1.165, 1.54) is 6.20 Å². The van der Waals surface area contributed by atoms with E-state index in [9.17, 15) is 13.6 Å². The molecule has 0 saturated heterocycles. The Labute approximate surface area is 159 Å². The van der Waals surface area contributed by atoms with Crippen LogP contribution in [0, 0.1) is 0 Å². The Morgan fingerprint density at radius 1 is 1.18 bits per heavy atom. The lowest BCUT2D eigenvalue weighted by Crippen LogP contribution is -2.29. The number of nitrogens with zero attached hydrogens (tertiary/aromatic N) is 1. The van der Waals surface area contributed by atoms with Gasteiger partial charge in [-0.2, -0.15) is 0 Å². The fourth-order valence-corrected chi connectivity index (χ4v) is 3.23. The van der Waals surface area contributed by atoms with Gasteiger partial charge in [0.05, 0.1) is 29.7 Å². The molecule has 0 amide bonds. The zero-order valence-corrected chi connectivity index (χ0v) is 14.8. The lowest BCUT2D eigenvalue weighted by Gasteiger charge is -2.15. The molecule has 0 aliphatic carbocycles. The number of carbonyl (C=O) groups is 1. The molecule has 3 aromatic rings. The van der Waals surface area contributed by atoms with Gasteiger partial charge in [0.1, 0.15) is 12.4 Å². The average Bonchev–Trinajstić information content (AvgIpc) is 3.07. The second kappa shape index (κ2) is 7.77. The van der Waals surface area contributed by atoms with Crippen molar-refractivity contribution in [1.29, 1.82) is 0 Å². The summed E-state index contributed by atoms with van der Waals surface area (Å²) >= 11 is 0. The SMILES string of the molecule is O=C1CNCc2[nH]c(-c3ccncc3OCC(F)F)c(Nc3ccccc3)c21. The topological polar surface area (TPSA) is 79.0 Å². The molecule has 6 nitrogen and oxygen atoms in total. The molecule has 0 bridgehead atoms. The number of anilines is 2. The highest BCUT2D eigenvalue weighted by molar-refractivity contribution is 6.08. The normalized spacial score (nSPS) is 13.5. The lowest BCUT2D eigenvalue weighted by atomic mass is 10.0. The zero-order chi connectivity index (χ0) is 19.5. The predicted molar refractivity (Wildman–Crippen MR) is 101 cm³/mol. The van der Waals surface area contributed by atoms with Crippen LogP contribution in [0.3, 0.4) is 0 Å². The summed E-state index contributed by atoms with van der Waals surface area (Å²) in [5.41, 5.74) is 3.85. The van der Waals surface area contributed by atoms with E-state index in [2.05, 4.69) is 20.6 Å². The van der Waals surface area contributed by atoms with Crippen LogP contribution < -0.4 is 15.4 Å². The largest absolute Gasteiger partial charge is 0.485 e. The van der Waals surface area contributed by atoms with Crippen LogP contribution in [0.1, 0.15) is 16.1 Å². The van der Waals surface area contributed by atoms with Gasteiger partial charge in [-0.15, -0.1) is 0 Å². The molecule has 1 aliphatic rings. The third-order valence-corrected chi connectivity index (χ3v) is 4.41. The molecule has 0 fully saturated rings. The lowest BCUT2D eigenvalue weighted by molar-refractivity contribution is 0.0820. The van der Waals surface area contributed by atoms with Crippen molar-refractivity contribution in [2.45, 2.75) is 13.0 Å². The average molecular weight is 384 g/mol. The molecule has 1 aromatic carbocycles. The number of ketones is 1. The van der Waals surface area contributed by atoms with Crippen molar-refractivity contribution in [1.82, 2.24) is 15.3 Å². The van der Waals surface area contributed by atoms with Gasteiger partial charge in [-0.05, 0) is 18.2 Å². The van der Waals surface area contributed by atoms with Crippen molar-refractivity contribution in [2.75, 3.05) is 18.5 Å². The summed E-state index contributed by atoms with van der Waals surface area (Å²) < 4.78 is 30.5. The highest BCUT2D eigenvalue weighted by Gasteiger charge is 2.28. The number of benzene rings is 1. The van der Waals surface area contributed by atoms with Crippen molar-refractivity contribution in [3.8, 4) is 17.0 Å². The molecule has 0 atom stereocenters. The molecule has 3 heterocycles. The number of carbonyl (C=O) groups excluding carboxylic acids is 1. The first kappa shape index (κ1) is 18.1. The molecule has 4 rings (SSSR count). The molecule has 0 radical (unpaired) electrons. The molecular weight excluding hydrogens is 366 g/mol. The van der Waals surface area contributed by atoms with Crippen molar-refractivity contribution in [2.24, 2.45) is 0 Å². The molecule has 2 aromatic heterocycles. The number of hydrogen-bond acceptors (Lipinski definition) is 5. The van der Waals surface area contributed by atoms with E-state index >= 15 is 0 Å². The number of rotatable bonds is 6. The van der Waals surface area contributed by atoms with Crippen LogP contribution in [-0.2, 0) is 6.54 Å². The van der Waals surface area contributed by atoms with E-state index < -0.39 is 13.0 Å². The Morgan fingerprint density at radius 3 is 2.79 bits per heavy atom. The van der Waals surface area contributed by atoms with Crippen LogP contribution in [0.5, 0.6) is 5.75 Å². The summed E-state index contributed by atoms with van der Waals surface area (Å²) in [6.07, 6.45) is 0.346. The van der Waals surface area contributed by atoms with Crippen LogP contribution in [0.15, 0.2) is 48.8 Å². The van der Waals surface area contributed by atoms with Gasteiger partial charge < -0.3 is 20.4 Å². The smallest absolute Gasteiger partial charge is 0.272 e.